The molecule has 4 heteroatoms. The quantitative estimate of drug-likeness (QED) is 0.829. The molecule has 0 spiro atoms. The zero-order valence-corrected chi connectivity index (χ0v) is 10.9. The van der Waals surface area contributed by atoms with E-state index in [1.54, 1.807) is 7.11 Å². The van der Waals surface area contributed by atoms with Crippen LogP contribution in [-0.4, -0.2) is 29.6 Å². The molecule has 0 saturated carbocycles. The highest BCUT2D eigenvalue weighted by molar-refractivity contribution is 7.80. The van der Waals surface area contributed by atoms with Crippen LogP contribution in [0.4, 0.5) is 0 Å². The minimum Gasteiger partial charge on any atom is -0.497 e. The first-order valence-corrected chi connectivity index (χ1v) is 6.28. The van der Waals surface area contributed by atoms with Crippen molar-refractivity contribution in [2.75, 3.05) is 13.7 Å². The summed E-state index contributed by atoms with van der Waals surface area (Å²) in [4.78, 5) is 2.97. The Morgan fingerprint density at radius 3 is 2.76 bits per heavy atom. The molecule has 0 radical (unpaired) electrons. The fraction of sp³-hybridized carbons (Fsp3) is 0.462. The van der Waals surface area contributed by atoms with E-state index in [-0.39, 0.29) is 6.04 Å². The van der Waals surface area contributed by atoms with Crippen molar-refractivity contribution in [2.45, 2.75) is 25.4 Å². The molecule has 17 heavy (non-hydrogen) atoms. The van der Waals surface area contributed by atoms with Gasteiger partial charge in [-0.25, -0.2) is 0 Å². The molecule has 1 aromatic rings. The number of rotatable bonds is 4. The number of nitrogens with two attached hydrogens (primary N) is 1. The van der Waals surface area contributed by atoms with Crippen molar-refractivity contribution < 1.29 is 4.74 Å². The Kier molecular flexibility index (Phi) is 3.97. The van der Waals surface area contributed by atoms with Gasteiger partial charge in [-0.2, -0.15) is 0 Å². The molecule has 1 heterocycles. The number of nitrogens with zero attached hydrogens (tertiary/aromatic N) is 1. The van der Waals surface area contributed by atoms with Crippen LogP contribution in [0.15, 0.2) is 24.3 Å². The molecular formula is C13H18N2OS. The van der Waals surface area contributed by atoms with Crippen molar-refractivity contribution in [1.29, 1.82) is 0 Å². The van der Waals surface area contributed by atoms with Crippen LogP contribution in [0.3, 0.4) is 0 Å². The number of methoxy groups -OCH3 is 1. The van der Waals surface area contributed by atoms with E-state index < -0.39 is 0 Å². The number of ether oxygens (including phenoxy) is 1. The predicted molar refractivity (Wildman–Crippen MR) is 73.2 cm³/mol. The third-order valence-corrected chi connectivity index (χ3v) is 3.51. The summed E-state index contributed by atoms with van der Waals surface area (Å²) in [6.07, 6.45) is 2.27. The van der Waals surface area contributed by atoms with Crippen LogP contribution in [0.1, 0.15) is 18.4 Å². The lowest BCUT2D eigenvalue weighted by atomic mass is 10.2. The number of likely N-dealkylation sites (tertiary alicyclic amines) is 1. The lowest BCUT2D eigenvalue weighted by Crippen LogP contribution is -2.38. The summed E-state index contributed by atoms with van der Waals surface area (Å²) in [5, 5.41) is 0. The maximum absolute atomic E-state index is 5.76. The van der Waals surface area contributed by atoms with Crippen LogP contribution in [0, 0.1) is 0 Å². The summed E-state index contributed by atoms with van der Waals surface area (Å²) in [5.74, 6) is 0.890. The smallest absolute Gasteiger partial charge is 0.118 e. The Morgan fingerprint density at radius 2 is 2.18 bits per heavy atom. The number of benzene rings is 1. The number of hydrogen-bond donors (Lipinski definition) is 1. The van der Waals surface area contributed by atoms with E-state index in [0.717, 1.165) is 25.3 Å². The van der Waals surface area contributed by atoms with Gasteiger partial charge in [0.2, 0.25) is 0 Å². The molecule has 92 valence electrons. The van der Waals surface area contributed by atoms with E-state index in [9.17, 15) is 0 Å². The summed E-state index contributed by atoms with van der Waals surface area (Å²) < 4.78 is 5.14. The van der Waals surface area contributed by atoms with E-state index in [1.165, 1.54) is 12.0 Å². The Morgan fingerprint density at radius 1 is 1.47 bits per heavy atom. The van der Waals surface area contributed by atoms with Crippen LogP contribution in [-0.2, 0) is 6.54 Å². The lowest BCUT2D eigenvalue weighted by molar-refractivity contribution is 0.295. The summed E-state index contributed by atoms with van der Waals surface area (Å²) in [6, 6.07) is 8.43. The molecule has 1 unspecified atom stereocenters. The first kappa shape index (κ1) is 12.3. The normalized spacial score (nSPS) is 20.4. The van der Waals surface area contributed by atoms with E-state index in [1.807, 2.05) is 12.1 Å². The first-order chi connectivity index (χ1) is 8.20. The molecular weight excluding hydrogens is 232 g/mol. The average Bonchev–Trinajstić information content (AvgIpc) is 2.78. The molecule has 0 bridgehead atoms. The van der Waals surface area contributed by atoms with Gasteiger partial charge in [0.05, 0.1) is 18.1 Å². The predicted octanol–water partition coefficient (Wildman–Crippen LogP) is 1.95. The van der Waals surface area contributed by atoms with E-state index in [0.29, 0.717) is 4.99 Å². The molecule has 0 aliphatic carbocycles. The minimum absolute atomic E-state index is 0.270. The second-order valence-electron chi connectivity index (χ2n) is 4.38. The van der Waals surface area contributed by atoms with Crippen molar-refractivity contribution in [3.63, 3.8) is 0 Å². The van der Waals surface area contributed by atoms with Gasteiger partial charge in [-0.1, -0.05) is 24.4 Å². The summed E-state index contributed by atoms with van der Waals surface area (Å²) >= 11 is 5.10. The summed E-state index contributed by atoms with van der Waals surface area (Å²) in [7, 11) is 1.68. The third-order valence-electron chi connectivity index (χ3n) is 3.24. The maximum Gasteiger partial charge on any atom is 0.118 e. The Labute approximate surface area is 108 Å². The molecule has 1 aromatic carbocycles. The second-order valence-corrected chi connectivity index (χ2v) is 4.85. The van der Waals surface area contributed by atoms with E-state index in [4.69, 9.17) is 22.7 Å². The highest BCUT2D eigenvalue weighted by Gasteiger charge is 2.26. The zero-order valence-electron chi connectivity index (χ0n) is 10.1. The Balaban J connectivity index is 2.02. The summed E-state index contributed by atoms with van der Waals surface area (Å²) in [5.41, 5.74) is 7.03. The monoisotopic (exact) mass is 250 g/mol. The molecule has 1 fully saturated rings. The van der Waals surface area contributed by atoms with Gasteiger partial charge >= 0.3 is 0 Å². The molecule has 0 aromatic heterocycles. The molecule has 0 amide bonds. The number of hydrogen-bond acceptors (Lipinski definition) is 3. The van der Waals surface area contributed by atoms with Crippen molar-refractivity contribution in [3.8, 4) is 5.75 Å². The van der Waals surface area contributed by atoms with Crippen molar-refractivity contribution in [2.24, 2.45) is 5.73 Å². The molecule has 1 atom stereocenters. The van der Waals surface area contributed by atoms with Crippen LogP contribution >= 0.6 is 12.2 Å². The van der Waals surface area contributed by atoms with Gasteiger partial charge in [0.25, 0.3) is 0 Å². The Bertz CT molecular complexity index is 391. The van der Waals surface area contributed by atoms with Crippen molar-refractivity contribution in [3.05, 3.63) is 29.8 Å². The highest BCUT2D eigenvalue weighted by Crippen LogP contribution is 2.21. The average molecular weight is 250 g/mol. The van der Waals surface area contributed by atoms with Gasteiger partial charge in [0.15, 0.2) is 0 Å². The second kappa shape index (κ2) is 5.47. The molecule has 3 nitrogen and oxygen atoms in total. The van der Waals surface area contributed by atoms with Crippen molar-refractivity contribution in [1.82, 2.24) is 4.90 Å². The standard InChI is InChI=1S/C13H18N2OS/c1-16-11-6-4-10(5-7-11)9-15-8-2-3-12(15)13(14)17/h4-7,12H,2-3,8-9H2,1H3,(H2,14,17). The van der Waals surface area contributed by atoms with Crippen LogP contribution in [0.2, 0.25) is 0 Å². The highest BCUT2D eigenvalue weighted by atomic mass is 32.1. The molecule has 1 saturated heterocycles. The van der Waals surface area contributed by atoms with Gasteiger partial charge in [-0.15, -0.1) is 0 Å². The zero-order chi connectivity index (χ0) is 12.3. The minimum atomic E-state index is 0.270. The van der Waals surface area contributed by atoms with E-state index in [2.05, 4.69) is 17.0 Å². The third kappa shape index (κ3) is 2.96. The van der Waals surface area contributed by atoms with Gasteiger partial charge < -0.3 is 10.5 Å². The fourth-order valence-corrected chi connectivity index (χ4v) is 2.57. The topological polar surface area (TPSA) is 38.5 Å². The van der Waals surface area contributed by atoms with Gasteiger partial charge in [-0.3, -0.25) is 4.90 Å². The van der Waals surface area contributed by atoms with Crippen LogP contribution < -0.4 is 10.5 Å². The van der Waals surface area contributed by atoms with E-state index >= 15 is 0 Å². The van der Waals surface area contributed by atoms with Gasteiger partial charge in [0, 0.05) is 6.54 Å². The molecule has 2 N–H and O–H groups in total. The largest absolute Gasteiger partial charge is 0.497 e. The lowest BCUT2D eigenvalue weighted by Gasteiger charge is -2.23. The van der Waals surface area contributed by atoms with Crippen LogP contribution in [0.25, 0.3) is 0 Å². The van der Waals surface area contributed by atoms with Crippen LogP contribution in [0.5, 0.6) is 5.75 Å². The van der Waals surface area contributed by atoms with Gasteiger partial charge in [0.1, 0.15) is 5.75 Å². The Hall–Kier alpha value is -1.13. The van der Waals surface area contributed by atoms with Gasteiger partial charge in [-0.05, 0) is 37.1 Å². The first-order valence-electron chi connectivity index (χ1n) is 5.87. The maximum atomic E-state index is 5.76. The summed E-state index contributed by atoms with van der Waals surface area (Å²) in [6.45, 7) is 1.99. The molecule has 1 aliphatic heterocycles. The number of thiocarbonyl (C=S) groups is 1. The molecule has 1 aliphatic rings. The fourth-order valence-electron chi connectivity index (χ4n) is 2.30. The van der Waals surface area contributed by atoms with Crippen molar-refractivity contribution >= 4 is 17.2 Å². The SMILES string of the molecule is COc1ccc(CN2CCCC2C(N)=S)cc1. The molecule has 2 rings (SSSR count).